The lowest BCUT2D eigenvalue weighted by Gasteiger charge is -2.61. The van der Waals surface area contributed by atoms with Gasteiger partial charge in [0.05, 0.1) is 17.1 Å². The van der Waals surface area contributed by atoms with Crippen molar-refractivity contribution in [3.63, 3.8) is 0 Å². The van der Waals surface area contributed by atoms with E-state index in [1.165, 1.54) is 24.8 Å². The molecular weight excluding hydrogens is 568 g/mol. The molecule has 0 saturated heterocycles. The van der Waals surface area contributed by atoms with E-state index in [2.05, 4.69) is 40.7 Å². The minimum atomic E-state index is -3.77. The Morgan fingerprint density at radius 3 is 2.32 bits per heavy atom. The molecule has 2 aromatic rings. The number of aryl methyl sites for hydroxylation is 1. The molecule has 0 aromatic heterocycles. The van der Waals surface area contributed by atoms with Gasteiger partial charge in [0.1, 0.15) is 6.10 Å². The van der Waals surface area contributed by atoms with Crippen LogP contribution in [0.2, 0.25) is 0 Å². The van der Waals surface area contributed by atoms with E-state index in [0.29, 0.717) is 29.2 Å². The third kappa shape index (κ3) is 5.28. The first-order chi connectivity index (χ1) is 20.8. The average Bonchev–Trinajstić information content (AvgIpc) is 3.35. The Morgan fingerprint density at radius 2 is 1.61 bits per heavy atom. The number of hydrogen-bond donors (Lipinski definition) is 0. The van der Waals surface area contributed by atoms with Crippen LogP contribution < -0.4 is 0 Å². The van der Waals surface area contributed by atoms with Crippen molar-refractivity contribution < 1.29 is 22.1 Å². The van der Waals surface area contributed by atoms with Gasteiger partial charge in [-0.05, 0) is 117 Å². The van der Waals surface area contributed by atoms with Gasteiger partial charge in [-0.25, -0.2) is 4.79 Å². The maximum Gasteiger partial charge on any atom is 0.338 e. The molecule has 6 rings (SSSR count). The molecule has 0 amide bonds. The van der Waals surface area contributed by atoms with Crippen LogP contribution in [0.25, 0.3) is 0 Å². The molecular formula is C38H50O5S. The van der Waals surface area contributed by atoms with Gasteiger partial charge < -0.3 is 4.74 Å². The van der Waals surface area contributed by atoms with Crippen molar-refractivity contribution in [2.75, 3.05) is 6.61 Å². The second-order valence-electron chi connectivity index (χ2n) is 15.4. The predicted octanol–water partition coefficient (Wildman–Crippen LogP) is 8.78. The van der Waals surface area contributed by atoms with Gasteiger partial charge in [-0.15, -0.1) is 0 Å². The maximum atomic E-state index is 13.0. The molecule has 0 heterocycles. The van der Waals surface area contributed by atoms with E-state index in [-0.39, 0.29) is 45.7 Å². The van der Waals surface area contributed by atoms with Gasteiger partial charge in [0.25, 0.3) is 10.1 Å². The number of carbonyl (C=O) groups is 1. The van der Waals surface area contributed by atoms with E-state index in [4.69, 9.17) is 8.92 Å². The number of esters is 1. The van der Waals surface area contributed by atoms with Gasteiger partial charge >= 0.3 is 5.97 Å². The topological polar surface area (TPSA) is 69.7 Å². The lowest BCUT2D eigenvalue weighted by atomic mass is 9.44. The first-order valence-corrected chi connectivity index (χ1v) is 18.1. The smallest absolute Gasteiger partial charge is 0.338 e. The van der Waals surface area contributed by atoms with Crippen molar-refractivity contribution in [2.24, 2.45) is 45.8 Å². The van der Waals surface area contributed by atoms with E-state index in [9.17, 15) is 13.2 Å². The van der Waals surface area contributed by atoms with E-state index in [1.807, 2.05) is 49.4 Å². The summed E-state index contributed by atoms with van der Waals surface area (Å²) >= 11 is 0. The molecule has 0 spiro atoms. The Kier molecular flexibility index (Phi) is 8.18. The summed E-state index contributed by atoms with van der Waals surface area (Å²) in [6, 6.07) is 16.3. The normalized spacial score (nSPS) is 35.0. The highest BCUT2D eigenvalue weighted by molar-refractivity contribution is 7.86. The van der Waals surface area contributed by atoms with Crippen LogP contribution in [0, 0.1) is 52.8 Å². The van der Waals surface area contributed by atoms with Crippen molar-refractivity contribution >= 4 is 16.1 Å². The molecule has 0 unspecified atom stereocenters. The Hall–Kier alpha value is -2.44. The Bertz CT molecular complexity index is 1510. The highest BCUT2D eigenvalue weighted by atomic mass is 32.2. The van der Waals surface area contributed by atoms with Crippen LogP contribution in [0.1, 0.15) is 95.5 Å². The summed E-state index contributed by atoms with van der Waals surface area (Å²) in [5.41, 5.74) is 3.22. The molecule has 8 atom stereocenters. The third-order valence-electron chi connectivity index (χ3n) is 12.7. The van der Waals surface area contributed by atoms with Crippen LogP contribution in [0.3, 0.4) is 0 Å². The van der Waals surface area contributed by atoms with E-state index in [0.717, 1.165) is 31.2 Å². The number of benzene rings is 2. The van der Waals surface area contributed by atoms with Crippen molar-refractivity contribution in [1.82, 2.24) is 0 Å². The third-order valence-corrected chi connectivity index (χ3v) is 14.0. The van der Waals surface area contributed by atoms with Crippen molar-refractivity contribution in [1.29, 1.82) is 0 Å². The molecule has 3 fully saturated rings. The zero-order valence-electron chi connectivity index (χ0n) is 27.3. The SMILES string of the molecule is Cc1ccc(S(=O)(=O)OC[C@@H](C)[C@@H]2CC[C@H]3[C@@H]4CC=C5C(C)(C)[C@@H](OC(=O)c6ccccc6)CC[C@@]5(C)[C@H]4CC[C@@]32C)cc1. The molecule has 0 radical (unpaired) electrons. The minimum absolute atomic E-state index is 0.109. The summed E-state index contributed by atoms with van der Waals surface area (Å²) < 4.78 is 37.7. The summed E-state index contributed by atoms with van der Waals surface area (Å²) in [5.74, 6) is 2.28. The van der Waals surface area contributed by atoms with Crippen LogP contribution >= 0.6 is 0 Å². The van der Waals surface area contributed by atoms with Gasteiger partial charge in [0, 0.05) is 5.41 Å². The van der Waals surface area contributed by atoms with Crippen LogP contribution in [-0.4, -0.2) is 27.1 Å². The van der Waals surface area contributed by atoms with Gasteiger partial charge in [-0.1, -0.05) is 82.2 Å². The van der Waals surface area contributed by atoms with Crippen molar-refractivity contribution in [3.8, 4) is 0 Å². The van der Waals surface area contributed by atoms with Gasteiger partial charge in [0.2, 0.25) is 0 Å². The summed E-state index contributed by atoms with van der Waals surface area (Å²) in [6.07, 6.45) is 10.1. The molecule has 4 aliphatic carbocycles. The van der Waals surface area contributed by atoms with Crippen LogP contribution in [0.5, 0.6) is 0 Å². The minimum Gasteiger partial charge on any atom is -0.458 e. The zero-order valence-corrected chi connectivity index (χ0v) is 28.2. The summed E-state index contributed by atoms with van der Waals surface area (Å²) in [5, 5.41) is 0. The van der Waals surface area contributed by atoms with Gasteiger partial charge in [-0.3, -0.25) is 4.18 Å². The largest absolute Gasteiger partial charge is 0.458 e. The van der Waals surface area contributed by atoms with E-state index < -0.39 is 10.1 Å². The highest BCUT2D eigenvalue weighted by Gasteiger charge is 2.61. The standard InChI is InChI=1S/C38H50O5S/c1-25-12-14-28(15-13-25)44(40,41)42-24-26(2)30-17-18-31-29-16-19-33-36(3,4)34(43-35(39)27-10-8-7-9-11-27)21-23-38(33,6)32(29)20-22-37(30,31)5/h7-15,19,26,29-32,34H,16-18,20-24H2,1-6H3/t26-,29+,30+,31+,32+,34+,37-,38+/m1/s1. The lowest BCUT2D eigenvalue weighted by molar-refractivity contribution is -0.0835. The molecule has 0 bridgehead atoms. The molecule has 3 saturated carbocycles. The van der Waals surface area contributed by atoms with Crippen LogP contribution in [0.15, 0.2) is 71.1 Å². The molecule has 0 aliphatic heterocycles. The predicted molar refractivity (Wildman–Crippen MR) is 173 cm³/mol. The summed E-state index contributed by atoms with van der Waals surface area (Å²) in [4.78, 5) is 13.2. The number of rotatable bonds is 7. The lowest BCUT2D eigenvalue weighted by Crippen LogP contribution is -2.55. The molecule has 0 N–H and O–H groups in total. The number of carbonyl (C=O) groups excluding carboxylic acids is 1. The molecule has 238 valence electrons. The van der Waals surface area contributed by atoms with Crippen molar-refractivity contribution in [2.45, 2.75) is 97.5 Å². The second kappa shape index (κ2) is 11.4. The Morgan fingerprint density at radius 1 is 0.909 bits per heavy atom. The van der Waals surface area contributed by atoms with E-state index >= 15 is 0 Å². The molecule has 5 nitrogen and oxygen atoms in total. The summed E-state index contributed by atoms with van der Waals surface area (Å²) in [6.45, 7) is 13.9. The first kappa shape index (κ1) is 31.5. The second-order valence-corrected chi connectivity index (χ2v) is 17.0. The summed E-state index contributed by atoms with van der Waals surface area (Å²) in [7, 11) is -3.77. The molecule has 2 aromatic carbocycles. The average molecular weight is 619 g/mol. The first-order valence-electron chi connectivity index (χ1n) is 16.7. The monoisotopic (exact) mass is 618 g/mol. The van der Waals surface area contributed by atoms with E-state index in [1.54, 1.807) is 12.1 Å². The number of allylic oxidation sites excluding steroid dienone is 1. The number of hydrogen-bond acceptors (Lipinski definition) is 5. The quantitative estimate of drug-likeness (QED) is 0.176. The molecule has 4 aliphatic rings. The van der Waals surface area contributed by atoms with Crippen LogP contribution in [0.4, 0.5) is 0 Å². The fourth-order valence-electron chi connectivity index (χ4n) is 10.4. The highest BCUT2D eigenvalue weighted by Crippen LogP contribution is 2.69. The number of ether oxygens (including phenoxy) is 1. The number of fused-ring (bicyclic) bond motifs is 5. The van der Waals surface area contributed by atoms with Crippen molar-refractivity contribution in [3.05, 3.63) is 77.4 Å². The van der Waals surface area contributed by atoms with Crippen LogP contribution in [-0.2, 0) is 19.0 Å². The Labute approximate surface area is 264 Å². The van der Waals surface area contributed by atoms with Gasteiger partial charge in [0.15, 0.2) is 0 Å². The molecule has 44 heavy (non-hydrogen) atoms. The molecule has 6 heteroatoms. The Balaban J connectivity index is 1.16. The zero-order chi connectivity index (χ0) is 31.5. The fourth-order valence-corrected chi connectivity index (χ4v) is 11.4. The van der Waals surface area contributed by atoms with Gasteiger partial charge in [-0.2, -0.15) is 8.42 Å². The fraction of sp³-hybridized carbons (Fsp3) is 0.605. The maximum absolute atomic E-state index is 13.0.